The summed E-state index contributed by atoms with van der Waals surface area (Å²) in [6.07, 6.45) is 5.18. The Kier molecular flexibility index (Phi) is 5.49. The Hall–Kier alpha value is -0.870. The molecule has 4 nitrogen and oxygen atoms in total. The second-order valence-electron chi connectivity index (χ2n) is 4.38. The molecule has 0 bridgehead atoms. The fourth-order valence-corrected chi connectivity index (χ4v) is 1.93. The molecule has 16 heavy (non-hydrogen) atoms. The van der Waals surface area contributed by atoms with Crippen molar-refractivity contribution in [2.75, 3.05) is 20.1 Å². The van der Waals surface area contributed by atoms with Crippen LogP contribution in [0.25, 0.3) is 0 Å². The van der Waals surface area contributed by atoms with Crippen molar-refractivity contribution in [3.05, 3.63) is 18.0 Å². The van der Waals surface area contributed by atoms with E-state index < -0.39 is 0 Å². The number of aryl methyl sites for hydroxylation is 1. The third-order valence-corrected chi connectivity index (χ3v) is 2.73. The van der Waals surface area contributed by atoms with Crippen LogP contribution in [0.5, 0.6) is 0 Å². The zero-order valence-electron chi connectivity index (χ0n) is 10.9. The highest BCUT2D eigenvalue weighted by atomic mass is 15.2. The largest absolute Gasteiger partial charge is 0.313 e. The molecule has 1 aromatic heterocycles. The molecule has 0 spiro atoms. The first kappa shape index (κ1) is 13.2. The molecule has 4 heteroatoms. The Morgan fingerprint density at radius 2 is 2.25 bits per heavy atom. The molecule has 0 radical (unpaired) electrons. The van der Waals surface area contributed by atoms with Gasteiger partial charge in [-0.05, 0) is 20.0 Å². The second kappa shape index (κ2) is 6.66. The number of rotatable bonds is 7. The molecule has 0 aliphatic carbocycles. The van der Waals surface area contributed by atoms with Crippen LogP contribution in [0.2, 0.25) is 0 Å². The normalized spacial score (nSPS) is 13.3. The van der Waals surface area contributed by atoms with E-state index in [2.05, 4.69) is 42.4 Å². The maximum atomic E-state index is 4.18. The van der Waals surface area contributed by atoms with Crippen molar-refractivity contribution in [1.82, 2.24) is 20.0 Å². The quantitative estimate of drug-likeness (QED) is 0.756. The van der Waals surface area contributed by atoms with Gasteiger partial charge in [-0.15, -0.1) is 0 Å². The average molecular weight is 224 g/mol. The zero-order valence-corrected chi connectivity index (χ0v) is 10.9. The predicted molar refractivity (Wildman–Crippen MR) is 67.3 cm³/mol. The lowest BCUT2D eigenvalue weighted by Gasteiger charge is -2.23. The van der Waals surface area contributed by atoms with Gasteiger partial charge in [0, 0.05) is 37.9 Å². The minimum absolute atomic E-state index is 0.590. The molecule has 1 N–H and O–H groups in total. The minimum atomic E-state index is 0.590. The van der Waals surface area contributed by atoms with Crippen LogP contribution in [0.3, 0.4) is 0 Å². The van der Waals surface area contributed by atoms with E-state index >= 15 is 0 Å². The summed E-state index contributed by atoms with van der Waals surface area (Å²) in [5.41, 5.74) is 1.27. The topological polar surface area (TPSA) is 33.1 Å². The van der Waals surface area contributed by atoms with Crippen LogP contribution in [-0.4, -0.2) is 40.9 Å². The maximum absolute atomic E-state index is 4.18. The SMILES string of the molecule is CCNC(CC)CN(C)Cc1cnn(C)c1. The fourth-order valence-electron chi connectivity index (χ4n) is 1.93. The monoisotopic (exact) mass is 224 g/mol. The van der Waals surface area contributed by atoms with E-state index in [1.54, 1.807) is 0 Å². The van der Waals surface area contributed by atoms with Gasteiger partial charge in [-0.25, -0.2) is 0 Å². The summed E-state index contributed by atoms with van der Waals surface area (Å²) in [6, 6.07) is 0.590. The first-order valence-corrected chi connectivity index (χ1v) is 6.05. The Labute approximate surface area is 98.6 Å². The molecule has 0 aliphatic heterocycles. The number of aromatic nitrogens is 2. The van der Waals surface area contributed by atoms with E-state index in [0.29, 0.717) is 6.04 Å². The number of nitrogens with zero attached hydrogens (tertiary/aromatic N) is 3. The molecule has 0 aliphatic rings. The predicted octanol–water partition coefficient (Wildman–Crippen LogP) is 1.24. The van der Waals surface area contributed by atoms with Crippen molar-refractivity contribution in [3.63, 3.8) is 0 Å². The van der Waals surface area contributed by atoms with E-state index in [-0.39, 0.29) is 0 Å². The number of hydrogen-bond donors (Lipinski definition) is 1. The molecule has 0 saturated carbocycles. The third kappa shape index (κ3) is 4.33. The molecule has 0 saturated heterocycles. The van der Waals surface area contributed by atoms with Crippen molar-refractivity contribution in [2.45, 2.75) is 32.9 Å². The lowest BCUT2D eigenvalue weighted by atomic mass is 10.2. The Morgan fingerprint density at radius 3 is 2.75 bits per heavy atom. The fraction of sp³-hybridized carbons (Fsp3) is 0.750. The zero-order chi connectivity index (χ0) is 12.0. The van der Waals surface area contributed by atoms with Gasteiger partial charge in [-0.3, -0.25) is 4.68 Å². The van der Waals surface area contributed by atoms with E-state index in [9.17, 15) is 0 Å². The van der Waals surface area contributed by atoms with Crippen molar-refractivity contribution in [2.24, 2.45) is 7.05 Å². The van der Waals surface area contributed by atoms with E-state index in [0.717, 1.165) is 19.6 Å². The van der Waals surface area contributed by atoms with Crippen LogP contribution in [-0.2, 0) is 13.6 Å². The van der Waals surface area contributed by atoms with Gasteiger partial charge in [0.25, 0.3) is 0 Å². The molecule has 0 amide bonds. The first-order valence-electron chi connectivity index (χ1n) is 6.05. The van der Waals surface area contributed by atoms with Crippen molar-refractivity contribution in [3.8, 4) is 0 Å². The van der Waals surface area contributed by atoms with Crippen molar-refractivity contribution in [1.29, 1.82) is 0 Å². The highest BCUT2D eigenvalue weighted by molar-refractivity contribution is 5.03. The van der Waals surface area contributed by atoms with Crippen molar-refractivity contribution < 1.29 is 0 Å². The molecular formula is C12H24N4. The van der Waals surface area contributed by atoms with Gasteiger partial charge < -0.3 is 10.2 Å². The molecule has 1 rings (SSSR count). The number of likely N-dealkylation sites (N-methyl/N-ethyl adjacent to an activating group) is 2. The van der Waals surface area contributed by atoms with Gasteiger partial charge >= 0.3 is 0 Å². The van der Waals surface area contributed by atoms with Crippen LogP contribution < -0.4 is 5.32 Å². The molecular weight excluding hydrogens is 200 g/mol. The Bertz CT molecular complexity index is 295. The Morgan fingerprint density at radius 1 is 1.50 bits per heavy atom. The molecule has 1 atom stereocenters. The molecule has 92 valence electrons. The summed E-state index contributed by atoms with van der Waals surface area (Å²) in [4.78, 5) is 2.34. The van der Waals surface area contributed by atoms with Crippen LogP contribution >= 0.6 is 0 Å². The minimum Gasteiger partial charge on any atom is -0.313 e. The first-order chi connectivity index (χ1) is 7.65. The summed E-state index contributed by atoms with van der Waals surface area (Å²) in [7, 11) is 4.12. The van der Waals surface area contributed by atoms with Crippen LogP contribution in [0, 0.1) is 0 Å². The summed E-state index contributed by atoms with van der Waals surface area (Å²) in [5, 5.41) is 7.67. The lowest BCUT2D eigenvalue weighted by molar-refractivity contribution is 0.279. The smallest absolute Gasteiger partial charge is 0.0534 e. The molecule has 1 aromatic rings. The van der Waals surface area contributed by atoms with E-state index in [4.69, 9.17) is 0 Å². The third-order valence-electron chi connectivity index (χ3n) is 2.73. The molecule has 1 unspecified atom stereocenters. The Balaban J connectivity index is 2.37. The van der Waals surface area contributed by atoms with Crippen LogP contribution in [0.15, 0.2) is 12.4 Å². The van der Waals surface area contributed by atoms with E-state index in [1.165, 1.54) is 12.0 Å². The highest BCUT2D eigenvalue weighted by Crippen LogP contribution is 2.03. The summed E-state index contributed by atoms with van der Waals surface area (Å²) in [6.45, 7) is 7.48. The molecule has 0 fully saturated rings. The summed E-state index contributed by atoms with van der Waals surface area (Å²) >= 11 is 0. The van der Waals surface area contributed by atoms with Gasteiger partial charge in [0.05, 0.1) is 6.20 Å². The molecule has 0 aromatic carbocycles. The van der Waals surface area contributed by atoms with Crippen LogP contribution in [0.4, 0.5) is 0 Å². The summed E-state index contributed by atoms with van der Waals surface area (Å²) < 4.78 is 1.85. The summed E-state index contributed by atoms with van der Waals surface area (Å²) in [5.74, 6) is 0. The van der Waals surface area contributed by atoms with Gasteiger partial charge in [0.2, 0.25) is 0 Å². The van der Waals surface area contributed by atoms with Crippen molar-refractivity contribution >= 4 is 0 Å². The van der Waals surface area contributed by atoms with Gasteiger partial charge in [-0.2, -0.15) is 5.10 Å². The van der Waals surface area contributed by atoms with Gasteiger partial charge in [0.1, 0.15) is 0 Å². The second-order valence-corrected chi connectivity index (χ2v) is 4.38. The van der Waals surface area contributed by atoms with E-state index in [1.807, 2.05) is 17.9 Å². The van der Waals surface area contributed by atoms with Crippen LogP contribution in [0.1, 0.15) is 25.8 Å². The highest BCUT2D eigenvalue weighted by Gasteiger charge is 2.09. The van der Waals surface area contributed by atoms with Gasteiger partial charge in [-0.1, -0.05) is 13.8 Å². The average Bonchev–Trinajstić information content (AvgIpc) is 2.63. The number of nitrogens with one attached hydrogen (secondary N) is 1. The van der Waals surface area contributed by atoms with Gasteiger partial charge in [0.15, 0.2) is 0 Å². The molecule has 1 heterocycles. The number of hydrogen-bond acceptors (Lipinski definition) is 3. The standard InChI is InChI=1S/C12H24N4/c1-5-12(13-6-2)10-15(3)8-11-7-14-16(4)9-11/h7,9,12-13H,5-6,8,10H2,1-4H3. The lowest BCUT2D eigenvalue weighted by Crippen LogP contribution is -2.38. The maximum Gasteiger partial charge on any atom is 0.0534 e.